The fourth-order valence-corrected chi connectivity index (χ4v) is 1.49. The van der Waals surface area contributed by atoms with Gasteiger partial charge < -0.3 is 21.5 Å². The molecule has 86 valence electrons. The van der Waals surface area contributed by atoms with Gasteiger partial charge in [0, 0.05) is 13.1 Å². The zero-order valence-electron chi connectivity index (χ0n) is 8.53. The quantitative estimate of drug-likeness (QED) is 0.439. The summed E-state index contributed by atoms with van der Waals surface area (Å²) in [4.78, 5) is 22.0. The van der Waals surface area contributed by atoms with Crippen LogP contribution in [0.5, 0.6) is 0 Å². The van der Waals surface area contributed by atoms with Crippen molar-refractivity contribution in [3.05, 3.63) is 0 Å². The Morgan fingerprint density at radius 2 is 2.40 bits per heavy atom. The summed E-state index contributed by atoms with van der Waals surface area (Å²) in [5, 5.41) is 14.7. The summed E-state index contributed by atoms with van der Waals surface area (Å²) in [6.07, 6.45) is 1.39. The second kappa shape index (κ2) is 5.67. The molecule has 0 radical (unpaired) electrons. The highest BCUT2D eigenvalue weighted by Crippen LogP contribution is 2.04. The van der Waals surface area contributed by atoms with Crippen molar-refractivity contribution in [2.24, 2.45) is 5.73 Å². The van der Waals surface area contributed by atoms with Crippen LogP contribution in [0.4, 0.5) is 0 Å². The molecule has 1 saturated heterocycles. The summed E-state index contributed by atoms with van der Waals surface area (Å²) in [5.74, 6) is -0.860. The van der Waals surface area contributed by atoms with Crippen LogP contribution in [-0.4, -0.2) is 42.2 Å². The van der Waals surface area contributed by atoms with E-state index >= 15 is 0 Å². The first-order chi connectivity index (χ1) is 7.11. The molecule has 15 heavy (non-hydrogen) atoms. The van der Waals surface area contributed by atoms with Gasteiger partial charge in [-0.2, -0.15) is 0 Å². The first-order valence-electron chi connectivity index (χ1n) is 5.09. The molecule has 2 amide bonds. The number of nitrogens with one attached hydrogen (secondary N) is 2. The SMILES string of the molecule is NC(=O)C(O)CNC1CCCCNC1=O. The molecule has 1 aliphatic heterocycles. The van der Waals surface area contributed by atoms with Gasteiger partial charge in [0.15, 0.2) is 0 Å². The second-order valence-electron chi connectivity index (χ2n) is 3.67. The van der Waals surface area contributed by atoms with E-state index < -0.39 is 12.0 Å². The molecule has 1 aliphatic rings. The van der Waals surface area contributed by atoms with Crippen LogP contribution in [0.2, 0.25) is 0 Å². The largest absolute Gasteiger partial charge is 0.382 e. The lowest BCUT2D eigenvalue weighted by Gasteiger charge is -2.16. The normalized spacial score (nSPS) is 24.1. The topological polar surface area (TPSA) is 104 Å². The fourth-order valence-electron chi connectivity index (χ4n) is 1.49. The van der Waals surface area contributed by atoms with E-state index in [1.807, 2.05) is 0 Å². The zero-order chi connectivity index (χ0) is 11.3. The van der Waals surface area contributed by atoms with Gasteiger partial charge >= 0.3 is 0 Å². The molecule has 0 aromatic heterocycles. The van der Waals surface area contributed by atoms with Gasteiger partial charge in [-0.1, -0.05) is 0 Å². The van der Waals surface area contributed by atoms with Gasteiger partial charge in [0.2, 0.25) is 11.8 Å². The van der Waals surface area contributed by atoms with Crippen molar-refractivity contribution >= 4 is 11.8 Å². The van der Waals surface area contributed by atoms with Gasteiger partial charge in [-0.15, -0.1) is 0 Å². The molecular weight excluding hydrogens is 198 g/mol. The molecule has 1 rings (SSSR count). The molecule has 2 unspecified atom stereocenters. The third kappa shape index (κ3) is 3.85. The number of aliphatic hydroxyl groups excluding tert-OH is 1. The fraction of sp³-hybridized carbons (Fsp3) is 0.778. The molecule has 2 atom stereocenters. The van der Waals surface area contributed by atoms with Gasteiger partial charge in [-0.05, 0) is 19.3 Å². The van der Waals surface area contributed by atoms with Gasteiger partial charge in [0.1, 0.15) is 6.10 Å². The van der Waals surface area contributed by atoms with E-state index in [9.17, 15) is 9.59 Å². The maximum absolute atomic E-state index is 11.4. The highest BCUT2D eigenvalue weighted by Gasteiger charge is 2.21. The number of amides is 2. The number of rotatable bonds is 4. The molecule has 1 fully saturated rings. The highest BCUT2D eigenvalue weighted by molar-refractivity contribution is 5.82. The van der Waals surface area contributed by atoms with Gasteiger partial charge in [0.25, 0.3) is 0 Å². The lowest BCUT2D eigenvalue weighted by molar-refractivity contribution is -0.127. The van der Waals surface area contributed by atoms with E-state index in [4.69, 9.17) is 10.8 Å². The Labute approximate surface area is 88.2 Å². The second-order valence-corrected chi connectivity index (χ2v) is 3.67. The van der Waals surface area contributed by atoms with Crippen LogP contribution in [-0.2, 0) is 9.59 Å². The summed E-state index contributed by atoms with van der Waals surface area (Å²) in [6, 6.07) is -0.332. The van der Waals surface area contributed by atoms with Crippen LogP contribution >= 0.6 is 0 Å². The standard InChI is InChI=1S/C9H17N3O3/c10-8(14)7(13)5-12-6-3-1-2-4-11-9(6)15/h6-7,12-13H,1-5H2,(H2,10,14)(H,11,15). The molecule has 0 spiro atoms. The van der Waals surface area contributed by atoms with Crippen molar-refractivity contribution in [2.75, 3.05) is 13.1 Å². The highest BCUT2D eigenvalue weighted by atomic mass is 16.3. The number of aliphatic hydroxyl groups is 1. The van der Waals surface area contributed by atoms with Crippen molar-refractivity contribution in [1.82, 2.24) is 10.6 Å². The monoisotopic (exact) mass is 215 g/mol. The molecule has 5 N–H and O–H groups in total. The predicted octanol–water partition coefficient (Wildman–Crippen LogP) is -1.91. The summed E-state index contributed by atoms with van der Waals surface area (Å²) in [6.45, 7) is 0.711. The first kappa shape index (κ1) is 11.9. The van der Waals surface area contributed by atoms with Crippen molar-refractivity contribution < 1.29 is 14.7 Å². The smallest absolute Gasteiger partial charge is 0.247 e. The number of primary amides is 1. The maximum atomic E-state index is 11.4. The molecular formula is C9H17N3O3. The predicted molar refractivity (Wildman–Crippen MR) is 53.9 cm³/mol. The molecule has 6 nitrogen and oxygen atoms in total. The van der Waals surface area contributed by atoms with E-state index in [1.54, 1.807) is 0 Å². The Morgan fingerprint density at radius 1 is 1.67 bits per heavy atom. The molecule has 0 aromatic rings. The Kier molecular flexibility index (Phi) is 4.51. The van der Waals surface area contributed by atoms with Crippen molar-refractivity contribution in [3.8, 4) is 0 Å². The molecule has 0 aromatic carbocycles. The van der Waals surface area contributed by atoms with E-state index in [0.717, 1.165) is 19.3 Å². The summed E-state index contributed by atoms with van der Waals surface area (Å²) in [7, 11) is 0. The van der Waals surface area contributed by atoms with E-state index in [2.05, 4.69) is 10.6 Å². The van der Waals surface area contributed by atoms with Crippen molar-refractivity contribution in [1.29, 1.82) is 0 Å². The minimum atomic E-state index is -1.24. The van der Waals surface area contributed by atoms with E-state index in [1.165, 1.54) is 0 Å². The van der Waals surface area contributed by atoms with Gasteiger partial charge in [-0.25, -0.2) is 0 Å². The van der Waals surface area contributed by atoms with E-state index in [-0.39, 0.29) is 18.5 Å². The Hall–Kier alpha value is -1.14. The maximum Gasteiger partial charge on any atom is 0.247 e. The number of hydrogen-bond acceptors (Lipinski definition) is 4. The molecule has 0 saturated carbocycles. The summed E-state index contributed by atoms with van der Waals surface area (Å²) in [5.41, 5.74) is 4.89. The van der Waals surface area contributed by atoms with Crippen LogP contribution in [0.25, 0.3) is 0 Å². The molecule has 0 aliphatic carbocycles. The molecule has 1 heterocycles. The minimum Gasteiger partial charge on any atom is -0.382 e. The summed E-state index contributed by atoms with van der Waals surface area (Å²) < 4.78 is 0. The van der Waals surface area contributed by atoms with Gasteiger partial charge in [0.05, 0.1) is 6.04 Å². The number of nitrogens with two attached hydrogens (primary N) is 1. The van der Waals surface area contributed by atoms with Crippen LogP contribution in [0, 0.1) is 0 Å². The lowest BCUT2D eigenvalue weighted by Crippen LogP contribution is -2.47. The average molecular weight is 215 g/mol. The summed E-state index contributed by atoms with van der Waals surface area (Å²) >= 11 is 0. The van der Waals surface area contributed by atoms with Crippen LogP contribution < -0.4 is 16.4 Å². The first-order valence-corrected chi connectivity index (χ1v) is 5.09. The third-order valence-corrected chi connectivity index (χ3v) is 2.42. The Bertz CT molecular complexity index is 245. The zero-order valence-corrected chi connectivity index (χ0v) is 8.53. The lowest BCUT2D eigenvalue weighted by atomic mass is 10.1. The Balaban J connectivity index is 2.35. The minimum absolute atomic E-state index is 0.0212. The van der Waals surface area contributed by atoms with E-state index in [0.29, 0.717) is 6.54 Å². The van der Waals surface area contributed by atoms with Crippen LogP contribution in [0.3, 0.4) is 0 Å². The Morgan fingerprint density at radius 3 is 3.07 bits per heavy atom. The number of carbonyl (C=O) groups excluding carboxylic acids is 2. The number of carbonyl (C=O) groups is 2. The van der Waals surface area contributed by atoms with Crippen LogP contribution in [0.15, 0.2) is 0 Å². The average Bonchev–Trinajstić information content (AvgIpc) is 2.39. The molecule has 0 bridgehead atoms. The molecule has 6 heteroatoms. The third-order valence-electron chi connectivity index (χ3n) is 2.42. The number of hydrogen-bond donors (Lipinski definition) is 4. The van der Waals surface area contributed by atoms with Crippen molar-refractivity contribution in [2.45, 2.75) is 31.4 Å². The van der Waals surface area contributed by atoms with Crippen molar-refractivity contribution in [3.63, 3.8) is 0 Å². The van der Waals surface area contributed by atoms with Gasteiger partial charge in [-0.3, -0.25) is 9.59 Å². The van der Waals surface area contributed by atoms with Crippen LogP contribution in [0.1, 0.15) is 19.3 Å².